The summed E-state index contributed by atoms with van der Waals surface area (Å²) in [4.78, 5) is 4.82. The van der Waals surface area contributed by atoms with Gasteiger partial charge in [-0.3, -0.25) is 9.67 Å². The van der Waals surface area contributed by atoms with Gasteiger partial charge in [0, 0.05) is 48.0 Å². The van der Waals surface area contributed by atoms with Gasteiger partial charge in [0.25, 0.3) is 0 Å². The van der Waals surface area contributed by atoms with E-state index in [1.54, 1.807) is 0 Å². The van der Waals surface area contributed by atoms with E-state index in [9.17, 15) is 0 Å². The van der Waals surface area contributed by atoms with Crippen LogP contribution in [0.4, 0.5) is 0 Å². The van der Waals surface area contributed by atoms with Crippen molar-refractivity contribution in [3.8, 4) is 0 Å². The summed E-state index contributed by atoms with van der Waals surface area (Å²) in [7, 11) is 1.93. The Kier molecular flexibility index (Phi) is 7.82. The topological polar surface area (TPSA) is 42.2 Å². The minimum atomic E-state index is 0.497. The fourth-order valence-corrected chi connectivity index (χ4v) is 3.98. The third-order valence-electron chi connectivity index (χ3n) is 5.72. The molecule has 4 heteroatoms. The number of allylic oxidation sites excluding steroid dienone is 4. The molecule has 4 nitrogen and oxygen atoms in total. The third-order valence-corrected chi connectivity index (χ3v) is 5.72. The largest absolute Gasteiger partial charge is 0.382 e. The number of aryl methyl sites for hydroxylation is 1. The van der Waals surface area contributed by atoms with E-state index in [2.05, 4.69) is 60.8 Å². The highest BCUT2D eigenvalue weighted by Gasteiger charge is 2.17. The van der Waals surface area contributed by atoms with Crippen LogP contribution in [0.25, 0.3) is 11.1 Å². The van der Waals surface area contributed by atoms with Crippen molar-refractivity contribution in [3.63, 3.8) is 0 Å². The summed E-state index contributed by atoms with van der Waals surface area (Å²) in [5, 5.41) is 7.95. The van der Waals surface area contributed by atoms with Gasteiger partial charge in [-0.05, 0) is 49.0 Å². The van der Waals surface area contributed by atoms with Crippen molar-refractivity contribution in [1.82, 2.24) is 15.1 Å². The highest BCUT2D eigenvalue weighted by Crippen LogP contribution is 2.25. The van der Waals surface area contributed by atoms with E-state index in [1.807, 2.05) is 43.3 Å². The Morgan fingerprint density at radius 3 is 2.65 bits per heavy atom. The maximum atomic E-state index is 4.82. The molecule has 0 saturated heterocycles. The van der Waals surface area contributed by atoms with Crippen LogP contribution in [-0.4, -0.2) is 21.5 Å². The summed E-state index contributed by atoms with van der Waals surface area (Å²) in [5.41, 5.74) is 7.26. The fourth-order valence-electron chi connectivity index (χ4n) is 3.98. The quantitative estimate of drug-likeness (QED) is 0.387. The zero-order valence-electron chi connectivity index (χ0n) is 19.1. The zero-order valence-corrected chi connectivity index (χ0v) is 19.1. The molecule has 0 amide bonds. The van der Waals surface area contributed by atoms with Crippen LogP contribution in [0.15, 0.2) is 78.9 Å². The summed E-state index contributed by atoms with van der Waals surface area (Å²) < 4.78 is 1.81. The lowest BCUT2D eigenvalue weighted by Crippen LogP contribution is -2.25. The second-order valence-electron chi connectivity index (χ2n) is 8.12. The Morgan fingerprint density at radius 1 is 1.26 bits per heavy atom. The molecule has 1 aromatic heterocycles. The Bertz CT molecular complexity index is 1010. The van der Waals surface area contributed by atoms with Crippen molar-refractivity contribution in [3.05, 3.63) is 90.6 Å². The molecule has 1 N–H and O–H groups in total. The van der Waals surface area contributed by atoms with Gasteiger partial charge in [0.2, 0.25) is 0 Å². The highest BCUT2D eigenvalue weighted by molar-refractivity contribution is 6.00. The van der Waals surface area contributed by atoms with Crippen LogP contribution < -0.4 is 5.32 Å². The van der Waals surface area contributed by atoms with Crippen molar-refractivity contribution in [2.24, 2.45) is 12.0 Å². The number of hydrogen-bond acceptors (Lipinski definition) is 3. The molecule has 3 rings (SSSR count). The van der Waals surface area contributed by atoms with Crippen molar-refractivity contribution >= 4 is 16.9 Å². The number of hydrogen-bond donors (Lipinski definition) is 1. The number of aromatic nitrogens is 2. The van der Waals surface area contributed by atoms with E-state index in [0.717, 1.165) is 45.7 Å². The molecule has 0 spiro atoms. The van der Waals surface area contributed by atoms with Gasteiger partial charge < -0.3 is 5.32 Å². The summed E-state index contributed by atoms with van der Waals surface area (Å²) in [6, 6.07) is 8.95. The number of aliphatic imine (C=N–C) groups is 1. The fraction of sp³-hybridized carbons (Fsp3) is 0.333. The molecule has 1 aliphatic rings. The number of benzene rings is 1. The van der Waals surface area contributed by atoms with Gasteiger partial charge in [0.15, 0.2) is 0 Å². The maximum Gasteiger partial charge on any atom is 0.0569 e. The Labute approximate surface area is 186 Å². The lowest BCUT2D eigenvalue weighted by Gasteiger charge is -2.17. The summed E-state index contributed by atoms with van der Waals surface area (Å²) in [6.07, 6.45) is 15.8. The van der Waals surface area contributed by atoms with Gasteiger partial charge in [-0.2, -0.15) is 5.10 Å². The lowest BCUT2D eigenvalue weighted by atomic mass is 10.0. The van der Waals surface area contributed by atoms with Crippen LogP contribution in [0.2, 0.25) is 0 Å². The Hall–Kier alpha value is -3.14. The Balaban J connectivity index is 1.90. The van der Waals surface area contributed by atoms with Gasteiger partial charge in [-0.25, -0.2) is 0 Å². The first-order valence-electron chi connectivity index (χ1n) is 11.1. The average Bonchev–Trinajstić information content (AvgIpc) is 3.44. The molecular weight excluding hydrogens is 380 g/mol. The molecular formula is C27H34N4. The normalized spacial score (nSPS) is 15.9. The molecule has 1 aromatic carbocycles. The summed E-state index contributed by atoms with van der Waals surface area (Å²) >= 11 is 0. The highest BCUT2D eigenvalue weighted by atomic mass is 15.2. The summed E-state index contributed by atoms with van der Waals surface area (Å²) in [5.74, 6) is 0. The second-order valence-corrected chi connectivity index (χ2v) is 8.12. The molecule has 0 radical (unpaired) electrons. The maximum absolute atomic E-state index is 4.82. The van der Waals surface area contributed by atoms with E-state index in [-0.39, 0.29) is 0 Å². The Morgan fingerprint density at radius 2 is 2.00 bits per heavy atom. The number of nitrogens with zero attached hydrogens (tertiary/aromatic N) is 3. The van der Waals surface area contributed by atoms with Gasteiger partial charge in [0.05, 0.1) is 6.20 Å². The second kappa shape index (κ2) is 10.8. The third kappa shape index (κ3) is 5.94. The van der Waals surface area contributed by atoms with Crippen LogP contribution in [0.5, 0.6) is 0 Å². The van der Waals surface area contributed by atoms with Crippen LogP contribution >= 0.6 is 0 Å². The molecule has 2 aromatic rings. The molecule has 0 aliphatic heterocycles. The molecule has 162 valence electrons. The van der Waals surface area contributed by atoms with Crippen molar-refractivity contribution in [2.45, 2.75) is 52.0 Å². The molecule has 1 aliphatic carbocycles. The average molecular weight is 415 g/mol. The molecule has 0 bridgehead atoms. The van der Waals surface area contributed by atoms with E-state index in [4.69, 9.17) is 4.99 Å². The molecule has 31 heavy (non-hydrogen) atoms. The van der Waals surface area contributed by atoms with E-state index in [0.29, 0.717) is 6.04 Å². The molecule has 1 heterocycles. The van der Waals surface area contributed by atoms with Crippen LogP contribution in [0, 0.1) is 0 Å². The first kappa shape index (κ1) is 22.5. The predicted octanol–water partition coefficient (Wildman–Crippen LogP) is 6.30. The van der Waals surface area contributed by atoms with Crippen molar-refractivity contribution in [2.75, 3.05) is 0 Å². The van der Waals surface area contributed by atoms with Gasteiger partial charge in [-0.15, -0.1) is 0 Å². The van der Waals surface area contributed by atoms with Gasteiger partial charge >= 0.3 is 0 Å². The standard InChI is InChI=1S/C27H34N4/c1-6-11-22(7-2)24-13-10-12-23(16-24)20(3)28-18-27(25-17-29-31(5)19-25)21(4)30-26-14-8-9-15-26/h7,10-13,16-19,26,30H,2,4,6,8-9,14-15H2,1,3,5H3/b22-11+,27-18+,28-20?. The van der Waals surface area contributed by atoms with Crippen LogP contribution in [0.3, 0.4) is 0 Å². The zero-order chi connectivity index (χ0) is 22.2. The minimum Gasteiger partial charge on any atom is -0.382 e. The first-order valence-corrected chi connectivity index (χ1v) is 11.1. The molecule has 0 atom stereocenters. The number of nitrogens with one attached hydrogen (secondary N) is 1. The van der Waals surface area contributed by atoms with E-state index >= 15 is 0 Å². The molecule has 0 unspecified atom stereocenters. The lowest BCUT2D eigenvalue weighted by molar-refractivity contribution is 0.596. The smallest absolute Gasteiger partial charge is 0.0569 e. The minimum absolute atomic E-state index is 0.497. The van der Waals surface area contributed by atoms with Crippen LogP contribution in [-0.2, 0) is 7.05 Å². The van der Waals surface area contributed by atoms with Crippen molar-refractivity contribution in [1.29, 1.82) is 0 Å². The summed E-state index contributed by atoms with van der Waals surface area (Å²) in [6.45, 7) is 12.5. The van der Waals surface area contributed by atoms with Crippen molar-refractivity contribution < 1.29 is 0 Å². The SMILES string of the molecule is C=C/C(=C\CC)c1cccc(C(C)=N/C=C(\C(=C)NC2CCCC2)c2cnn(C)c2)c1. The van der Waals surface area contributed by atoms with E-state index < -0.39 is 0 Å². The van der Waals surface area contributed by atoms with E-state index in [1.165, 1.54) is 25.7 Å². The monoisotopic (exact) mass is 414 g/mol. The van der Waals surface area contributed by atoms with Gasteiger partial charge in [-0.1, -0.05) is 63.3 Å². The van der Waals surface area contributed by atoms with Gasteiger partial charge in [0.1, 0.15) is 0 Å². The predicted molar refractivity (Wildman–Crippen MR) is 133 cm³/mol. The van der Waals surface area contributed by atoms with Crippen LogP contribution in [0.1, 0.15) is 62.6 Å². The first-order chi connectivity index (χ1) is 15.0. The number of rotatable bonds is 9. The molecule has 1 saturated carbocycles. The molecule has 1 fully saturated rings.